The van der Waals surface area contributed by atoms with E-state index in [0.717, 1.165) is 11.1 Å². The molecule has 0 atom stereocenters. The van der Waals surface area contributed by atoms with Crippen LogP contribution in [0.4, 0.5) is 28.9 Å². The van der Waals surface area contributed by atoms with Crippen LogP contribution in [0.3, 0.4) is 0 Å². The summed E-state index contributed by atoms with van der Waals surface area (Å²) in [6, 6.07) is 15.7. The third-order valence-electron chi connectivity index (χ3n) is 3.92. The lowest BCUT2D eigenvalue weighted by Crippen LogP contribution is -2.01. The summed E-state index contributed by atoms with van der Waals surface area (Å²) in [5.41, 5.74) is 2.50. The zero-order chi connectivity index (χ0) is 23.1. The summed E-state index contributed by atoms with van der Waals surface area (Å²) in [5, 5.41) is 0.0563. The molecule has 0 unspecified atom stereocenters. The van der Waals surface area contributed by atoms with E-state index in [0.29, 0.717) is 11.4 Å². The van der Waals surface area contributed by atoms with Gasteiger partial charge in [-0.05, 0) is 47.5 Å². The van der Waals surface area contributed by atoms with Crippen LogP contribution in [0.25, 0.3) is 0 Å². The first-order chi connectivity index (χ1) is 15.3. The average Bonchev–Trinajstić information content (AvgIpc) is 2.74. The highest BCUT2D eigenvalue weighted by Gasteiger charge is 2.09. The van der Waals surface area contributed by atoms with E-state index in [9.17, 15) is 17.6 Å². The normalized spacial score (nSPS) is 11.8. The second kappa shape index (κ2) is 11.0. The van der Waals surface area contributed by atoms with E-state index in [1.165, 1.54) is 36.4 Å². The highest BCUT2D eigenvalue weighted by atomic mass is 35.5. The third-order valence-corrected chi connectivity index (χ3v) is 4.52. The predicted octanol–water partition coefficient (Wildman–Crippen LogP) is 7.70. The van der Waals surface area contributed by atoms with Gasteiger partial charge in [-0.2, -0.15) is 17.6 Å². The topological polar surface area (TPSA) is 43.2 Å². The van der Waals surface area contributed by atoms with Crippen molar-refractivity contribution in [2.24, 2.45) is 9.98 Å². The Labute approximate surface area is 190 Å². The van der Waals surface area contributed by atoms with Crippen molar-refractivity contribution in [2.75, 3.05) is 0 Å². The molecule has 4 nitrogen and oxygen atoms in total. The highest BCUT2D eigenvalue weighted by molar-refractivity contribution is 6.32. The largest absolute Gasteiger partial charge is 0.433 e. The minimum atomic E-state index is -2.96. The number of halogens is 6. The molecule has 166 valence electrons. The molecule has 3 aromatic carbocycles. The van der Waals surface area contributed by atoms with Crippen molar-refractivity contribution in [3.8, 4) is 11.5 Å². The molecule has 0 aromatic heterocycles. The lowest BCUT2D eigenvalue weighted by molar-refractivity contribution is -0.0504. The Balaban J connectivity index is 1.64. The van der Waals surface area contributed by atoms with Gasteiger partial charge in [-0.1, -0.05) is 47.5 Å². The van der Waals surface area contributed by atoms with E-state index in [4.69, 9.17) is 23.2 Å². The number of nitrogens with zero attached hydrogens (tertiary/aromatic N) is 2. The predicted molar refractivity (Wildman–Crippen MR) is 117 cm³/mol. The van der Waals surface area contributed by atoms with Gasteiger partial charge in [-0.3, -0.25) is 9.98 Å². The molecule has 0 spiro atoms. The quantitative estimate of drug-likeness (QED) is 0.243. The molecule has 0 heterocycles. The second-order valence-corrected chi connectivity index (χ2v) is 6.98. The summed E-state index contributed by atoms with van der Waals surface area (Å²) in [4.78, 5) is 8.51. The van der Waals surface area contributed by atoms with Gasteiger partial charge < -0.3 is 9.47 Å². The maximum atomic E-state index is 12.3. The van der Waals surface area contributed by atoms with Crippen LogP contribution in [0.1, 0.15) is 11.1 Å². The minimum Gasteiger partial charge on any atom is -0.433 e. The monoisotopic (exact) mass is 484 g/mol. The van der Waals surface area contributed by atoms with E-state index >= 15 is 0 Å². The average molecular weight is 485 g/mol. The summed E-state index contributed by atoms with van der Waals surface area (Å²) < 4.78 is 57.7. The Bertz CT molecular complexity index is 1030. The van der Waals surface area contributed by atoms with Crippen LogP contribution in [0.15, 0.2) is 70.6 Å². The fourth-order valence-corrected chi connectivity index (χ4v) is 2.93. The molecular formula is C22H14Cl2F4N2O2. The molecule has 0 bridgehead atoms. The van der Waals surface area contributed by atoms with Gasteiger partial charge in [-0.25, -0.2) is 0 Å². The van der Waals surface area contributed by atoms with Crippen molar-refractivity contribution in [1.29, 1.82) is 0 Å². The first-order valence-corrected chi connectivity index (χ1v) is 9.72. The molecule has 0 amide bonds. The molecule has 0 aliphatic carbocycles. The first-order valence-electron chi connectivity index (χ1n) is 8.97. The smallest absolute Gasteiger partial charge is 0.387 e. The van der Waals surface area contributed by atoms with Crippen LogP contribution >= 0.6 is 23.2 Å². The number of hydrogen-bond acceptors (Lipinski definition) is 4. The van der Waals surface area contributed by atoms with Gasteiger partial charge in [0.2, 0.25) is 0 Å². The Hall–Kier alpha value is -3.10. The van der Waals surface area contributed by atoms with Crippen LogP contribution in [0, 0.1) is 0 Å². The van der Waals surface area contributed by atoms with Gasteiger partial charge in [0.15, 0.2) is 0 Å². The molecule has 0 saturated carbocycles. The van der Waals surface area contributed by atoms with Crippen LogP contribution in [-0.2, 0) is 0 Å². The lowest BCUT2D eigenvalue weighted by Gasteiger charge is -2.06. The number of hydrogen-bond donors (Lipinski definition) is 0. The van der Waals surface area contributed by atoms with E-state index < -0.39 is 13.2 Å². The number of aliphatic imine (C=N–C) groups is 2. The maximum absolute atomic E-state index is 12.3. The summed E-state index contributed by atoms with van der Waals surface area (Å²) in [7, 11) is 0. The molecule has 0 N–H and O–H groups in total. The van der Waals surface area contributed by atoms with Gasteiger partial charge in [0, 0.05) is 12.4 Å². The molecule has 10 heteroatoms. The molecular weight excluding hydrogens is 471 g/mol. The molecule has 3 rings (SSSR count). The van der Waals surface area contributed by atoms with Gasteiger partial charge in [0.25, 0.3) is 0 Å². The molecule has 0 radical (unpaired) electrons. The Morgan fingerprint density at radius 2 is 1.00 bits per heavy atom. The van der Waals surface area contributed by atoms with E-state index in [1.807, 2.05) is 0 Å². The van der Waals surface area contributed by atoms with E-state index in [-0.39, 0.29) is 21.5 Å². The summed E-state index contributed by atoms with van der Waals surface area (Å²) in [6.07, 6.45) is 3.17. The highest BCUT2D eigenvalue weighted by Crippen LogP contribution is 2.31. The number of alkyl halides is 4. The standard InChI is InChI=1S/C22H14Cl2F4N2O2/c23-17-9-15(5-7-19(17)31-21(25)26)29-11-13-1-2-14(4-3-13)12-30-16-6-8-20(18(24)10-16)32-22(27)28/h1-12,21-22H. The van der Waals surface area contributed by atoms with Gasteiger partial charge in [0.1, 0.15) is 11.5 Å². The van der Waals surface area contributed by atoms with Crippen molar-refractivity contribution in [3.63, 3.8) is 0 Å². The van der Waals surface area contributed by atoms with Crippen molar-refractivity contribution in [1.82, 2.24) is 0 Å². The number of ether oxygens (including phenoxy) is 2. The molecule has 32 heavy (non-hydrogen) atoms. The molecule has 3 aromatic rings. The van der Waals surface area contributed by atoms with Gasteiger partial charge >= 0.3 is 13.2 Å². The summed E-state index contributed by atoms with van der Waals surface area (Å²) in [5.74, 6) is -0.247. The third kappa shape index (κ3) is 6.96. The van der Waals surface area contributed by atoms with Crippen LogP contribution in [-0.4, -0.2) is 25.7 Å². The van der Waals surface area contributed by atoms with Crippen molar-refractivity contribution in [3.05, 3.63) is 81.8 Å². The molecule has 0 aliphatic rings. The van der Waals surface area contributed by atoms with Crippen LogP contribution in [0.2, 0.25) is 10.0 Å². The van der Waals surface area contributed by atoms with Gasteiger partial charge in [-0.15, -0.1) is 0 Å². The Kier molecular flexibility index (Phi) is 8.08. The Morgan fingerprint density at radius 1 is 0.625 bits per heavy atom. The Morgan fingerprint density at radius 3 is 1.31 bits per heavy atom. The maximum Gasteiger partial charge on any atom is 0.387 e. The minimum absolute atomic E-state index is 0.0282. The van der Waals surface area contributed by atoms with Crippen molar-refractivity contribution >= 4 is 47.0 Å². The SMILES string of the molecule is FC(F)Oc1ccc(N=Cc2ccc(C=Nc3ccc(OC(F)F)c(Cl)c3)cc2)cc1Cl. The fraction of sp³-hybridized carbons (Fsp3) is 0.0909. The fourth-order valence-electron chi connectivity index (χ4n) is 2.49. The second-order valence-electron chi connectivity index (χ2n) is 6.17. The van der Waals surface area contributed by atoms with Crippen molar-refractivity contribution < 1.29 is 27.0 Å². The zero-order valence-corrected chi connectivity index (χ0v) is 17.6. The molecule has 0 saturated heterocycles. The summed E-state index contributed by atoms with van der Waals surface area (Å²) in [6.45, 7) is -5.92. The molecule has 0 aliphatic heterocycles. The molecule has 0 fully saturated rings. The van der Waals surface area contributed by atoms with Crippen LogP contribution < -0.4 is 9.47 Å². The van der Waals surface area contributed by atoms with E-state index in [1.54, 1.807) is 36.7 Å². The first kappa shape index (κ1) is 23.6. The zero-order valence-electron chi connectivity index (χ0n) is 16.1. The van der Waals surface area contributed by atoms with Crippen molar-refractivity contribution in [2.45, 2.75) is 13.2 Å². The summed E-state index contributed by atoms with van der Waals surface area (Å²) >= 11 is 11.8. The van der Waals surface area contributed by atoms with E-state index in [2.05, 4.69) is 19.5 Å². The number of rotatable bonds is 8. The lowest BCUT2D eigenvalue weighted by atomic mass is 10.1. The van der Waals surface area contributed by atoms with Crippen LogP contribution in [0.5, 0.6) is 11.5 Å². The number of benzene rings is 3. The van der Waals surface area contributed by atoms with Gasteiger partial charge in [0.05, 0.1) is 21.4 Å².